The Morgan fingerprint density at radius 3 is 1.24 bits per heavy atom. The lowest BCUT2D eigenvalue weighted by molar-refractivity contribution is -0.136. The highest BCUT2D eigenvalue weighted by molar-refractivity contribution is 5.68. The molecule has 0 fully saturated rings. The van der Waals surface area contributed by atoms with E-state index in [4.69, 9.17) is 10.2 Å². The summed E-state index contributed by atoms with van der Waals surface area (Å²) in [5.74, 6) is -1.94. The van der Waals surface area contributed by atoms with Crippen molar-refractivity contribution in [2.45, 2.75) is 71.1 Å². The summed E-state index contributed by atoms with van der Waals surface area (Å²) in [4.78, 5) is 20.8. The maximum absolute atomic E-state index is 9.24. The second-order valence-corrected chi connectivity index (χ2v) is 6.18. The minimum absolute atomic E-state index is 0.278. The number of carboxylic acid groups (broad SMARTS) is 2. The molecular formula is C18H41N3O4. The SMILES string of the molecule is CCCCCCCCCCCCN(C)C.NCC(=O)O.NCC(=O)O. The van der Waals surface area contributed by atoms with Crippen molar-refractivity contribution in [3.05, 3.63) is 0 Å². The van der Waals surface area contributed by atoms with Gasteiger partial charge in [0.15, 0.2) is 0 Å². The first-order valence-corrected chi connectivity index (χ1v) is 9.30. The molecule has 0 aliphatic heterocycles. The maximum Gasteiger partial charge on any atom is 0.317 e. The van der Waals surface area contributed by atoms with Crippen LogP contribution < -0.4 is 11.5 Å². The lowest BCUT2D eigenvalue weighted by Gasteiger charge is -2.08. The van der Waals surface area contributed by atoms with E-state index in [1.165, 1.54) is 70.8 Å². The van der Waals surface area contributed by atoms with Crippen molar-refractivity contribution in [2.24, 2.45) is 11.5 Å². The molecule has 0 rings (SSSR count). The fraction of sp³-hybridized carbons (Fsp3) is 0.889. The average Bonchev–Trinajstić information content (AvgIpc) is 2.57. The Hall–Kier alpha value is -1.18. The van der Waals surface area contributed by atoms with E-state index in [1.54, 1.807) is 0 Å². The molecule has 0 amide bonds. The van der Waals surface area contributed by atoms with E-state index < -0.39 is 11.9 Å². The molecule has 0 heterocycles. The number of hydrogen-bond donors (Lipinski definition) is 4. The smallest absolute Gasteiger partial charge is 0.317 e. The van der Waals surface area contributed by atoms with Crippen LogP contribution in [0, 0.1) is 0 Å². The van der Waals surface area contributed by atoms with Crippen LogP contribution in [-0.4, -0.2) is 60.8 Å². The standard InChI is InChI=1S/C14H31N.2C2H5NO2/c1-4-5-6-7-8-9-10-11-12-13-14-15(2)3;2*3-1-2(4)5/h4-14H2,1-3H3;2*1,3H2,(H,4,5). The zero-order chi connectivity index (χ0) is 19.9. The van der Waals surface area contributed by atoms with Crippen molar-refractivity contribution >= 4 is 11.9 Å². The topological polar surface area (TPSA) is 130 Å². The molecule has 7 nitrogen and oxygen atoms in total. The summed E-state index contributed by atoms with van der Waals surface area (Å²) in [5, 5.41) is 15.2. The molecule has 25 heavy (non-hydrogen) atoms. The van der Waals surface area contributed by atoms with Gasteiger partial charge in [0.1, 0.15) is 0 Å². The van der Waals surface area contributed by atoms with Gasteiger partial charge in [0.25, 0.3) is 0 Å². The summed E-state index contributed by atoms with van der Waals surface area (Å²) in [6.45, 7) is 2.99. The zero-order valence-electron chi connectivity index (χ0n) is 16.5. The molecule has 0 aromatic rings. The largest absolute Gasteiger partial charge is 0.480 e. The third kappa shape index (κ3) is 45.0. The monoisotopic (exact) mass is 363 g/mol. The molecule has 0 aliphatic carbocycles. The first-order valence-electron chi connectivity index (χ1n) is 9.30. The van der Waals surface area contributed by atoms with Crippen LogP contribution in [0.15, 0.2) is 0 Å². The molecule has 7 heteroatoms. The normalized spacial score (nSPS) is 9.68. The number of nitrogens with zero attached hydrogens (tertiary/aromatic N) is 1. The Kier molecular flexibility index (Phi) is 28.7. The molecule has 0 radical (unpaired) electrons. The summed E-state index contributed by atoms with van der Waals surface area (Å²) in [6, 6.07) is 0. The van der Waals surface area contributed by atoms with Crippen LogP contribution in [0.5, 0.6) is 0 Å². The highest BCUT2D eigenvalue weighted by Crippen LogP contribution is 2.10. The number of nitrogens with two attached hydrogens (primary N) is 2. The van der Waals surface area contributed by atoms with E-state index in [1.807, 2.05) is 0 Å². The number of aliphatic carboxylic acids is 2. The van der Waals surface area contributed by atoms with Crippen LogP contribution >= 0.6 is 0 Å². The van der Waals surface area contributed by atoms with E-state index in [0.29, 0.717) is 0 Å². The summed E-state index contributed by atoms with van der Waals surface area (Å²) >= 11 is 0. The molecule has 152 valence electrons. The molecule has 0 saturated carbocycles. The van der Waals surface area contributed by atoms with Crippen LogP contribution in [0.3, 0.4) is 0 Å². The molecule has 0 saturated heterocycles. The highest BCUT2D eigenvalue weighted by atomic mass is 16.4. The van der Waals surface area contributed by atoms with Crippen molar-refractivity contribution < 1.29 is 19.8 Å². The van der Waals surface area contributed by atoms with Crippen LogP contribution in [-0.2, 0) is 9.59 Å². The lowest BCUT2D eigenvalue weighted by atomic mass is 10.1. The Morgan fingerprint density at radius 1 is 0.720 bits per heavy atom. The maximum atomic E-state index is 9.24. The quantitative estimate of drug-likeness (QED) is 0.370. The van der Waals surface area contributed by atoms with Gasteiger partial charge in [-0.3, -0.25) is 9.59 Å². The summed E-state index contributed by atoms with van der Waals surface area (Å²) < 4.78 is 0. The fourth-order valence-electron chi connectivity index (χ4n) is 1.92. The van der Waals surface area contributed by atoms with E-state index >= 15 is 0 Å². The van der Waals surface area contributed by atoms with Gasteiger partial charge in [-0.15, -0.1) is 0 Å². The van der Waals surface area contributed by atoms with Crippen molar-refractivity contribution in [3.63, 3.8) is 0 Å². The Morgan fingerprint density at radius 2 is 1.00 bits per heavy atom. The van der Waals surface area contributed by atoms with Crippen LogP contribution in [0.25, 0.3) is 0 Å². The van der Waals surface area contributed by atoms with Gasteiger partial charge in [-0.2, -0.15) is 0 Å². The van der Waals surface area contributed by atoms with Gasteiger partial charge >= 0.3 is 11.9 Å². The second kappa shape index (κ2) is 25.1. The van der Waals surface area contributed by atoms with E-state index in [-0.39, 0.29) is 13.1 Å². The Labute approximate surface area is 153 Å². The van der Waals surface area contributed by atoms with Crippen LogP contribution in [0.2, 0.25) is 0 Å². The molecule has 0 bridgehead atoms. The van der Waals surface area contributed by atoms with Crippen LogP contribution in [0.4, 0.5) is 0 Å². The Bertz CT molecular complexity index is 273. The molecule has 0 atom stereocenters. The Balaban J connectivity index is -0.000000396. The first kappa shape index (κ1) is 28.6. The van der Waals surface area contributed by atoms with E-state index in [0.717, 1.165) is 0 Å². The molecule has 0 aliphatic rings. The molecular weight excluding hydrogens is 322 g/mol. The molecule has 0 spiro atoms. The van der Waals surface area contributed by atoms with Gasteiger partial charge in [0.2, 0.25) is 0 Å². The summed E-state index contributed by atoms with van der Waals surface area (Å²) in [6.07, 6.45) is 14.4. The average molecular weight is 364 g/mol. The number of hydrogen-bond acceptors (Lipinski definition) is 5. The molecule has 6 N–H and O–H groups in total. The van der Waals surface area contributed by atoms with Gasteiger partial charge in [-0.1, -0.05) is 64.7 Å². The molecule has 0 unspecified atom stereocenters. The number of rotatable bonds is 13. The minimum Gasteiger partial charge on any atom is -0.480 e. The van der Waals surface area contributed by atoms with Gasteiger partial charge in [-0.05, 0) is 27.1 Å². The lowest BCUT2D eigenvalue weighted by Crippen LogP contribution is -2.12. The highest BCUT2D eigenvalue weighted by Gasteiger charge is 1.93. The van der Waals surface area contributed by atoms with Crippen molar-refractivity contribution in [1.29, 1.82) is 0 Å². The third-order valence-electron chi connectivity index (χ3n) is 3.31. The number of unbranched alkanes of at least 4 members (excludes halogenated alkanes) is 9. The zero-order valence-corrected chi connectivity index (χ0v) is 16.5. The summed E-state index contributed by atoms with van der Waals surface area (Å²) in [7, 11) is 4.32. The number of carboxylic acids is 2. The van der Waals surface area contributed by atoms with Crippen molar-refractivity contribution in [2.75, 3.05) is 33.7 Å². The van der Waals surface area contributed by atoms with Crippen molar-refractivity contribution in [3.8, 4) is 0 Å². The fourth-order valence-corrected chi connectivity index (χ4v) is 1.92. The summed E-state index contributed by atoms with van der Waals surface area (Å²) in [5.41, 5.74) is 9.14. The minimum atomic E-state index is -0.968. The van der Waals surface area contributed by atoms with E-state index in [9.17, 15) is 9.59 Å². The van der Waals surface area contributed by atoms with Crippen LogP contribution in [0.1, 0.15) is 71.1 Å². The third-order valence-corrected chi connectivity index (χ3v) is 3.31. The predicted molar refractivity (Wildman–Crippen MR) is 104 cm³/mol. The van der Waals surface area contributed by atoms with E-state index in [2.05, 4.69) is 37.4 Å². The van der Waals surface area contributed by atoms with Crippen molar-refractivity contribution in [1.82, 2.24) is 4.90 Å². The first-order chi connectivity index (χ1) is 11.8. The van der Waals surface area contributed by atoms with Gasteiger partial charge in [0, 0.05) is 0 Å². The van der Waals surface area contributed by atoms with Gasteiger partial charge in [0.05, 0.1) is 13.1 Å². The van der Waals surface area contributed by atoms with Gasteiger partial charge in [-0.25, -0.2) is 0 Å². The second-order valence-electron chi connectivity index (χ2n) is 6.18. The number of carbonyl (C=O) groups is 2. The molecule has 0 aromatic carbocycles. The predicted octanol–water partition coefficient (Wildman–Crippen LogP) is 2.53. The molecule has 0 aromatic heterocycles. The van der Waals surface area contributed by atoms with Gasteiger partial charge < -0.3 is 26.6 Å².